The second kappa shape index (κ2) is 7.31. The molecule has 0 saturated carbocycles. The molecule has 0 saturated heterocycles. The summed E-state index contributed by atoms with van der Waals surface area (Å²) in [7, 11) is -3.74. The van der Waals surface area contributed by atoms with Crippen molar-refractivity contribution in [1.82, 2.24) is 0 Å². The number of hydrogen-bond acceptors (Lipinski definition) is 4. The Bertz CT molecular complexity index is 1040. The predicted molar refractivity (Wildman–Crippen MR) is 105 cm³/mol. The van der Waals surface area contributed by atoms with Crippen LogP contribution in [0.5, 0.6) is 0 Å². The number of aryl methyl sites for hydroxylation is 2. The highest BCUT2D eigenvalue weighted by Crippen LogP contribution is 2.24. The van der Waals surface area contributed by atoms with E-state index in [1.807, 2.05) is 44.2 Å². The zero-order valence-corrected chi connectivity index (χ0v) is 15.9. The van der Waals surface area contributed by atoms with Crippen LogP contribution in [0.3, 0.4) is 0 Å². The molecule has 0 bridgehead atoms. The minimum absolute atomic E-state index is 0.0676. The van der Waals surface area contributed by atoms with Crippen molar-refractivity contribution in [1.29, 1.82) is 0 Å². The zero-order valence-electron chi connectivity index (χ0n) is 14.3. The minimum atomic E-state index is -3.74. The summed E-state index contributed by atoms with van der Waals surface area (Å²) in [6.07, 6.45) is 0. The van der Waals surface area contributed by atoms with Gasteiger partial charge in [0, 0.05) is 16.8 Å². The molecule has 0 aliphatic carbocycles. The Hall–Kier alpha value is -2.64. The molecule has 2 N–H and O–H groups in total. The Labute approximate surface area is 156 Å². The van der Waals surface area contributed by atoms with Gasteiger partial charge in [-0.05, 0) is 43.7 Å². The lowest BCUT2D eigenvalue weighted by Crippen LogP contribution is -2.13. The van der Waals surface area contributed by atoms with Gasteiger partial charge in [-0.2, -0.15) is 0 Å². The van der Waals surface area contributed by atoms with Crippen LogP contribution in [0.4, 0.5) is 11.4 Å². The summed E-state index contributed by atoms with van der Waals surface area (Å²) >= 11 is 1.09. The van der Waals surface area contributed by atoms with Gasteiger partial charge in [-0.3, -0.25) is 9.52 Å². The van der Waals surface area contributed by atoms with Crippen molar-refractivity contribution in [3.8, 4) is 0 Å². The fraction of sp³-hybridized carbons (Fsp3) is 0.105. The number of nitrogens with one attached hydrogen (secondary N) is 2. The van der Waals surface area contributed by atoms with Crippen molar-refractivity contribution in [2.75, 3.05) is 10.0 Å². The van der Waals surface area contributed by atoms with Crippen LogP contribution in [0.2, 0.25) is 0 Å². The van der Waals surface area contributed by atoms with E-state index in [1.54, 1.807) is 18.2 Å². The van der Waals surface area contributed by atoms with E-state index in [0.29, 0.717) is 16.3 Å². The highest BCUT2D eigenvalue weighted by atomic mass is 32.2. The smallest absolute Gasteiger partial charge is 0.265 e. The van der Waals surface area contributed by atoms with Crippen LogP contribution >= 0.6 is 11.3 Å². The van der Waals surface area contributed by atoms with Gasteiger partial charge in [0.05, 0.1) is 9.77 Å². The SMILES string of the molecule is Cc1ccc(NS(=O)(=O)c2csc(C(=O)Nc3ccccc3C)c2)cc1. The Morgan fingerprint density at radius 2 is 1.69 bits per heavy atom. The van der Waals surface area contributed by atoms with Gasteiger partial charge in [-0.25, -0.2) is 8.42 Å². The molecule has 26 heavy (non-hydrogen) atoms. The van der Waals surface area contributed by atoms with Crippen molar-refractivity contribution in [2.45, 2.75) is 18.7 Å². The zero-order chi connectivity index (χ0) is 18.7. The van der Waals surface area contributed by atoms with Crippen LogP contribution < -0.4 is 10.0 Å². The average molecular weight is 386 g/mol. The first-order valence-corrected chi connectivity index (χ1v) is 10.3. The van der Waals surface area contributed by atoms with Crippen LogP contribution in [-0.2, 0) is 10.0 Å². The summed E-state index contributed by atoms with van der Waals surface area (Å²) in [5.74, 6) is -0.332. The maximum atomic E-state index is 12.5. The first-order chi connectivity index (χ1) is 12.3. The Kier molecular flexibility index (Phi) is 5.11. The second-order valence-corrected chi connectivity index (χ2v) is 8.48. The van der Waals surface area contributed by atoms with Gasteiger partial charge in [-0.1, -0.05) is 35.9 Å². The number of carbonyl (C=O) groups excluding carboxylic acids is 1. The summed E-state index contributed by atoms with van der Waals surface area (Å²) in [4.78, 5) is 12.8. The third kappa shape index (κ3) is 4.12. The maximum absolute atomic E-state index is 12.5. The lowest BCUT2D eigenvalue weighted by Gasteiger charge is -2.07. The standard InChI is InChI=1S/C19H18N2O3S2/c1-13-7-9-15(10-8-13)21-26(23,24)16-11-18(25-12-16)19(22)20-17-6-4-3-5-14(17)2/h3-12,21H,1-2H3,(H,20,22). The Morgan fingerprint density at radius 3 is 2.38 bits per heavy atom. The summed E-state index contributed by atoms with van der Waals surface area (Å²) in [5, 5.41) is 4.27. The van der Waals surface area contributed by atoms with Gasteiger partial charge in [0.2, 0.25) is 0 Å². The largest absolute Gasteiger partial charge is 0.321 e. The third-order valence-corrected chi connectivity index (χ3v) is 6.25. The fourth-order valence-corrected chi connectivity index (χ4v) is 4.54. The van der Waals surface area contributed by atoms with Gasteiger partial charge in [0.1, 0.15) is 0 Å². The number of sulfonamides is 1. The molecule has 134 valence electrons. The van der Waals surface area contributed by atoms with E-state index >= 15 is 0 Å². The number of thiophene rings is 1. The molecular weight excluding hydrogens is 368 g/mol. The third-order valence-electron chi connectivity index (χ3n) is 3.81. The number of rotatable bonds is 5. The topological polar surface area (TPSA) is 75.3 Å². The summed E-state index contributed by atoms with van der Waals surface area (Å²) in [5.41, 5.74) is 3.16. The van der Waals surface area contributed by atoms with E-state index in [-0.39, 0.29) is 10.8 Å². The molecule has 7 heteroatoms. The van der Waals surface area contributed by atoms with E-state index in [0.717, 1.165) is 22.5 Å². The highest BCUT2D eigenvalue weighted by molar-refractivity contribution is 7.92. The average Bonchev–Trinajstić information content (AvgIpc) is 3.10. The molecular formula is C19H18N2O3S2. The molecule has 0 aliphatic heterocycles. The molecule has 0 atom stereocenters. The van der Waals surface area contributed by atoms with E-state index in [4.69, 9.17) is 0 Å². The van der Waals surface area contributed by atoms with Gasteiger partial charge in [-0.15, -0.1) is 11.3 Å². The van der Waals surface area contributed by atoms with E-state index in [9.17, 15) is 13.2 Å². The molecule has 3 aromatic rings. The lowest BCUT2D eigenvalue weighted by atomic mass is 10.2. The van der Waals surface area contributed by atoms with Gasteiger partial charge < -0.3 is 5.32 Å². The second-order valence-electron chi connectivity index (χ2n) is 5.89. The quantitative estimate of drug-likeness (QED) is 0.682. The number of carbonyl (C=O) groups is 1. The molecule has 3 rings (SSSR count). The van der Waals surface area contributed by atoms with Crippen LogP contribution in [-0.4, -0.2) is 14.3 Å². The predicted octanol–water partition coefficient (Wildman–Crippen LogP) is 4.42. The Morgan fingerprint density at radius 1 is 1.00 bits per heavy atom. The lowest BCUT2D eigenvalue weighted by molar-refractivity contribution is 0.103. The fourth-order valence-electron chi connectivity index (χ4n) is 2.31. The number of para-hydroxylation sites is 1. The van der Waals surface area contributed by atoms with E-state index in [1.165, 1.54) is 11.4 Å². The van der Waals surface area contributed by atoms with Crippen LogP contribution in [0.15, 0.2) is 64.9 Å². The molecule has 0 spiro atoms. The summed E-state index contributed by atoms with van der Waals surface area (Å²) in [6.45, 7) is 3.82. The molecule has 2 aromatic carbocycles. The highest BCUT2D eigenvalue weighted by Gasteiger charge is 2.19. The minimum Gasteiger partial charge on any atom is -0.321 e. The molecule has 5 nitrogen and oxygen atoms in total. The molecule has 1 amide bonds. The molecule has 0 unspecified atom stereocenters. The monoisotopic (exact) mass is 386 g/mol. The number of anilines is 2. The molecule has 1 aromatic heterocycles. The first kappa shape index (κ1) is 18.2. The molecule has 0 fully saturated rings. The van der Waals surface area contributed by atoms with Crippen molar-refractivity contribution in [3.05, 3.63) is 76.0 Å². The first-order valence-electron chi connectivity index (χ1n) is 7.90. The maximum Gasteiger partial charge on any atom is 0.265 e. The van der Waals surface area contributed by atoms with Crippen molar-refractivity contribution in [3.63, 3.8) is 0 Å². The summed E-state index contributed by atoms with van der Waals surface area (Å²) < 4.78 is 27.5. The van der Waals surface area contributed by atoms with Gasteiger partial charge >= 0.3 is 0 Å². The molecule has 0 aliphatic rings. The van der Waals surface area contributed by atoms with E-state index < -0.39 is 10.0 Å². The van der Waals surface area contributed by atoms with E-state index in [2.05, 4.69) is 10.0 Å². The van der Waals surface area contributed by atoms with Crippen LogP contribution in [0, 0.1) is 13.8 Å². The number of hydrogen-bond donors (Lipinski definition) is 2. The van der Waals surface area contributed by atoms with Crippen LogP contribution in [0.1, 0.15) is 20.8 Å². The van der Waals surface area contributed by atoms with Crippen LogP contribution in [0.25, 0.3) is 0 Å². The molecule has 0 radical (unpaired) electrons. The Balaban J connectivity index is 1.77. The van der Waals surface area contributed by atoms with Crippen molar-refractivity contribution >= 4 is 38.6 Å². The number of benzene rings is 2. The summed E-state index contributed by atoms with van der Waals surface area (Å²) in [6, 6.07) is 15.9. The van der Waals surface area contributed by atoms with Gasteiger partial charge in [0.25, 0.3) is 15.9 Å². The van der Waals surface area contributed by atoms with Gasteiger partial charge in [0.15, 0.2) is 0 Å². The number of amides is 1. The van der Waals surface area contributed by atoms with Crippen molar-refractivity contribution < 1.29 is 13.2 Å². The molecule has 1 heterocycles. The normalized spacial score (nSPS) is 11.2. The van der Waals surface area contributed by atoms with Crippen molar-refractivity contribution in [2.24, 2.45) is 0 Å².